The fourth-order valence-electron chi connectivity index (χ4n) is 2.84. The fraction of sp³-hybridized carbons (Fsp3) is 0.533. The van der Waals surface area contributed by atoms with Crippen LogP contribution in [-0.4, -0.2) is 12.5 Å². The molecule has 116 valence electrons. The van der Waals surface area contributed by atoms with Crippen molar-refractivity contribution in [3.8, 4) is 0 Å². The number of halogens is 3. The van der Waals surface area contributed by atoms with Crippen molar-refractivity contribution >= 4 is 34.8 Å². The number of amides is 1. The Morgan fingerprint density at radius 1 is 1.19 bits per heavy atom. The summed E-state index contributed by atoms with van der Waals surface area (Å²) in [4.78, 5) is 12.7. The highest BCUT2D eigenvalue weighted by molar-refractivity contribution is 6.39. The molecule has 0 unspecified atom stereocenters. The molecule has 1 aromatic carbocycles. The van der Waals surface area contributed by atoms with Gasteiger partial charge in [-0.1, -0.05) is 48.9 Å². The van der Waals surface area contributed by atoms with E-state index in [-0.39, 0.29) is 28.2 Å². The molecule has 21 heavy (non-hydrogen) atoms. The van der Waals surface area contributed by atoms with Gasteiger partial charge in [-0.25, -0.2) is 4.39 Å². The van der Waals surface area contributed by atoms with Crippen LogP contribution >= 0.6 is 23.2 Å². The topological polar surface area (TPSA) is 55.1 Å². The van der Waals surface area contributed by atoms with Crippen molar-refractivity contribution < 1.29 is 9.18 Å². The van der Waals surface area contributed by atoms with Gasteiger partial charge in [-0.2, -0.15) is 0 Å². The number of nitrogens with one attached hydrogen (secondary N) is 1. The Morgan fingerprint density at radius 2 is 1.71 bits per heavy atom. The number of hydrogen-bond acceptors (Lipinski definition) is 2. The van der Waals surface area contributed by atoms with Gasteiger partial charge in [0.1, 0.15) is 5.82 Å². The van der Waals surface area contributed by atoms with Crippen LogP contribution in [0.5, 0.6) is 0 Å². The van der Waals surface area contributed by atoms with E-state index in [1.54, 1.807) is 0 Å². The van der Waals surface area contributed by atoms with Gasteiger partial charge in [-0.05, 0) is 25.0 Å². The molecule has 0 radical (unpaired) electrons. The molecule has 0 saturated heterocycles. The van der Waals surface area contributed by atoms with Crippen LogP contribution in [0.1, 0.15) is 38.5 Å². The van der Waals surface area contributed by atoms with Gasteiger partial charge in [0.05, 0.1) is 21.1 Å². The first-order valence-corrected chi connectivity index (χ1v) is 7.90. The number of nitrogens with two attached hydrogens (primary N) is 1. The summed E-state index contributed by atoms with van der Waals surface area (Å²) in [6, 6.07) is 2.26. The quantitative estimate of drug-likeness (QED) is 0.807. The largest absolute Gasteiger partial charge is 0.329 e. The zero-order chi connectivity index (χ0) is 15.5. The van der Waals surface area contributed by atoms with E-state index in [1.807, 2.05) is 0 Å². The Morgan fingerprint density at radius 3 is 2.19 bits per heavy atom. The highest BCUT2D eigenvalue weighted by atomic mass is 35.5. The first-order chi connectivity index (χ1) is 9.98. The second-order valence-electron chi connectivity index (χ2n) is 5.60. The number of anilines is 1. The van der Waals surface area contributed by atoms with E-state index in [1.165, 1.54) is 0 Å². The fourth-order valence-corrected chi connectivity index (χ4v) is 3.39. The van der Waals surface area contributed by atoms with Gasteiger partial charge in [0.15, 0.2) is 0 Å². The molecule has 0 heterocycles. The molecule has 1 aliphatic carbocycles. The number of rotatable bonds is 3. The minimum atomic E-state index is -0.586. The molecule has 6 heteroatoms. The monoisotopic (exact) mass is 332 g/mol. The number of benzene rings is 1. The zero-order valence-electron chi connectivity index (χ0n) is 11.7. The highest BCUT2D eigenvalue weighted by Crippen LogP contribution is 2.38. The lowest BCUT2D eigenvalue weighted by Gasteiger charge is -2.30. The first kappa shape index (κ1) is 16.5. The van der Waals surface area contributed by atoms with Crippen LogP contribution in [0.15, 0.2) is 12.1 Å². The van der Waals surface area contributed by atoms with Crippen molar-refractivity contribution in [3.63, 3.8) is 0 Å². The zero-order valence-corrected chi connectivity index (χ0v) is 13.2. The van der Waals surface area contributed by atoms with Crippen LogP contribution in [0.25, 0.3) is 0 Å². The number of carbonyl (C=O) groups excluding carboxylic acids is 1. The van der Waals surface area contributed by atoms with E-state index in [9.17, 15) is 9.18 Å². The molecule has 0 aromatic heterocycles. The second-order valence-corrected chi connectivity index (χ2v) is 6.41. The minimum absolute atomic E-state index is 0.0918. The lowest BCUT2D eigenvalue weighted by Crippen LogP contribution is -2.42. The third-order valence-electron chi connectivity index (χ3n) is 4.18. The molecule has 0 atom stereocenters. The molecule has 1 amide bonds. The van der Waals surface area contributed by atoms with Crippen molar-refractivity contribution in [2.75, 3.05) is 11.9 Å². The van der Waals surface area contributed by atoms with E-state index < -0.39 is 11.2 Å². The molecule has 0 aliphatic heterocycles. The predicted molar refractivity (Wildman–Crippen MR) is 84.2 cm³/mol. The lowest BCUT2D eigenvalue weighted by molar-refractivity contribution is -0.125. The summed E-state index contributed by atoms with van der Waals surface area (Å²) < 4.78 is 13.2. The van der Waals surface area contributed by atoms with Gasteiger partial charge in [0.25, 0.3) is 0 Å². The van der Waals surface area contributed by atoms with Gasteiger partial charge >= 0.3 is 0 Å². The molecular formula is C15H19Cl2FN2O. The molecule has 1 aliphatic rings. The second kappa shape index (κ2) is 6.95. The van der Waals surface area contributed by atoms with Gasteiger partial charge in [0.2, 0.25) is 5.91 Å². The molecule has 3 nitrogen and oxygen atoms in total. The maximum atomic E-state index is 13.2. The van der Waals surface area contributed by atoms with E-state index in [4.69, 9.17) is 28.9 Å². The van der Waals surface area contributed by atoms with Crippen LogP contribution in [0.4, 0.5) is 10.1 Å². The molecule has 0 spiro atoms. The van der Waals surface area contributed by atoms with E-state index in [2.05, 4.69) is 5.32 Å². The maximum Gasteiger partial charge on any atom is 0.231 e. The van der Waals surface area contributed by atoms with Crippen LogP contribution in [0, 0.1) is 11.2 Å². The average Bonchev–Trinajstić information content (AvgIpc) is 2.68. The predicted octanol–water partition coefficient (Wildman–Crippen LogP) is 4.37. The molecule has 0 bridgehead atoms. The smallest absolute Gasteiger partial charge is 0.231 e. The molecule has 1 saturated carbocycles. The van der Waals surface area contributed by atoms with Crippen LogP contribution < -0.4 is 11.1 Å². The Labute approximate surface area is 134 Å². The molecule has 1 fully saturated rings. The van der Waals surface area contributed by atoms with Gasteiger partial charge in [0, 0.05) is 6.54 Å². The first-order valence-electron chi connectivity index (χ1n) is 7.14. The molecule has 3 N–H and O–H groups in total. The van der Waals surface area contributed by atoms with Crippen LogP contribution in [0.2, 0.25) is 10.0 Å². The van der Waals surface area contributed by atoms with Crippen LogP contribution in [-0.2, 0) is 4.79 Å². The third-order valence-corrected chi connectivity index (χ3v) is 4.77. The summed E-state index contributed by atoms with van der Waals surface area (Å²) in [5.41, 5.74) is 5.54. The van der Waals surface area contributed by atoms with Crippen molar-refractivity contribution in [2.45, 2.75) is 38.5 Å². The summed E-state index contributed by atoms with van der Waals surface area (Å²) in [5, 5.41) is 2.93. The Hall–Kier alpha value is -0.840. The van der Waals surface area contributed by atoms with Gasteiger partial charge < -0.3 is 11.1 Å². The summed E-state index contributed by atoms with van der Waals surface area (Å²) in [5.74, 6) is -0.715. The Kier molecular flexibility index (Phi) is 5.47. The standard InChI is InChI=1S/C15H19Cl2FN2O/c16-11-7-10(18)8-12(17)13(11)20-14(21)15(9-19)5-3-1-2-4-6-15/h7-8H,1-6,9,19H2,(H,20,21). The summed E-state index contributed by atoms with van der Waals surface area (Å²) in [6.45, 7) is 0.287. The van der Waals surface area contributed by atoms with Crippen molar-refractivity contribution in [3.05, 3.63) is 28.0 Å². The third kappa shape index (κ3) is 3.68. The van der Waals surface area contributed by atoms with Crippen molar-refractivity contribution in [1.82, 2.24) is 0 Å². The van der Waals surface area contributed by atoms with Gasteiger partial charge in [-0.3, -0.25) is 4.79 Å². The highest BCUT2D eigenvalue weighted by Gasteiger charge is 2.37. The Bertz CT molecular complexity index is 505. The SMILES string of the molecule is NCC1(C(=O)Nc2c(Cl)cc(F)cc2Cl)CCCCCC1. The van der Waals surface area contributed by atoms with Crippen molar-refractivity contribution in [2.24, 2.45) is 11.1 Å². The van der Waals surface area contributed by atoms with Gasteiger partial charge in [-0.15, -0.1) is 0 Å². The molecule has 1 aromatic rings. The Balaban J connectivity index is 2.23. The molecule has 2 rings (SSSR count). The van der Waals surface area contributed by atoms with Crippen LogP contribution in [0.3, 0.4) is 0 Å². The van der Waals surface area contributed by atoms with E-state index >= 15 is 0 Å². The summed E-state index contributed by atoms with van der Waals surface area (Å²) >= 11 is 11.9. The number of hydrogen-bond donors (Lipinski definition) is 2. The maximum absolute atomic E-state index is 13.2. The summed E-state index contributed by atoms with van der Waals surface area (Å²) in [7, 11) is 0. The van der Waals surface area contributed by atoms with Crippen molar-refractivity contribution in [1.29, 1.82) is 0 Å². The normalized spacial score (nSPS) is 18.1. The summed E-state index contributed by atoms with van der Waals surface area (Å²) in [6.07, 6.45) is 5.71. The minimum Gasteiger partial charge on any atom is -0.329 e. The van der Waals surface area contributed by atoms with E-state index in [0.717, 1.165) is 50.7 Å². The van der Waals surface area contributed by atoms with E-state index in [0.29, 0.717) is 0 Å². The number of carbonyl (C=O) groups is 1. The average molecular weight is 333 g/mol. The lowest BCUT2D eigenvalue weighted by atomic mass is 9.79. The molecular weight excluding hydrogens is 314 g/mol.